The molecular weight excluding hydrogens is 390 g/mol. The van der Waals surface area contributed by atoms with Crippen LogP contribution in [0.1, 0.15) is 48.5 Å². The zero-order valence-corrected chi connectivity index (χ0v) is 17.5. The van der Waals surface area contributed by atoms with Gasteiger partial charge in [0.2, 0.25) is 16.7 Å². The summed E-state index contributed by atoms with van der Waals surface area (Å²) in [5, 5.41) is 11.8. The summed E-state index contributed by atoms with van der Waals surface area (Å²) in [4.78, 5) is 43.0. The molecule has 1 N–H and O–H groups in total. The molecule has 8 nitrogen and oxygen atoms in total. The number of aromatic nitrogens is 2. The summed E-state index contributed by atoms with van der Waals surface area (Å²) in [5.41, 5.74) is -0.456. The van der Waals surface area contributed by atoms with Gasteiger partial charge in [-0.2, -0.15) is 0 Å². The summed E-state index contributed by atoms with van der Waals surface area (Å²) >= 11 is 1.26. The van der Waals surface area contributed by atoms with Crippen LogP contribution in [0.3, 0.4) is 0 Å². The largest absolute Gasteiger partial charge is 0.307 e. The van der Waals surface area contributed by atoms with Gasteiger partial charge in [0, 0.05) is 19.4 Å². The maximum Gasteiger partial charge on any atom is 0.273 e. The highest BCUT2D eigenvalue weighted by atomic mass is 32.1. The van der Waals surface area contributed by atoms with Crippen LogP contribution in [0, 0.1) is 12.8 Å². The molecule has 4 rings (SSSR count). The monoisotopic (exact) mass is 413 g/mol. The average Bonchev–Trinajstić information content (AvgIpc) is 3.25. The topological polar surface area (TPSA) is 95.5 Å². The molecule has 2 aromatic rings. The van der Waals surface area contributed by atoms with Gasteiger partial charge in [-0.25, -0.2) is 0 Å². The van der Waals surface area contributed by atoms with E-state index in [4.69, 9.17) is 0 Å². The van der Waals surface area contributed by atoms with Crippen molar-refractivity contribution in [3.8, 4) is 0 Å². The van der Waals surface area contributed by atoms with Gasteiger partial charge in [-0.3, -0.25) is 24.6 Å². The van der Waals surface area contributed by atoms with Crippen molar-refractivity contribution < 1.29 is 14.4 Å². The molecule has 3 amide bonds. The lowest BCUT2D eigenvalue weighted by Gasteiger charge is -2.49. The van der Waals surface area contributed by atoms with Gasteiger partial charge in [0.1, 0.15) is 5.01 Å². The van der Waals surface area contributed by atoms with Crippen LogP contribution >= 0.6 is 11.3 Å². The van der Waals surface area contributed by atoms with Crippen LogP contribution in [0.5, 0.6) is 0 Å². The number of aryl methyl sites for hydroxylation is 1. The molecule has 0 radical (unpaired) electrons. The molecule has 0 bridgehead atoms. The van der Waals surface area contributed by atoms with Gasteiger partial charge in [-0.1, -0.05) is 37.3 Å². The highest BCUT2D eigenvalue weighted by Crippen LogP contribution is 2.45. The lowest BCUT2D eigenvalue weighted by atomic mass is 9.94. The second-order valence-corrected chi connectivity index (χ2v) is 8.96. The molecule has 1 aromatic heterocycles. The van der Waals surface area contributed by atoms with Gasteiger partial charge in [0.15, 0.2) is 0 Å². The third kappa shape index (κ3) is 3.09. The van der Waals surface area contributed by atoms with Crippen molar-refractivity contribution >= 4 is 39.9 Å². The summed E-state index contributed by atoms with van der Waals surface area (Å²) in [6.45, 7) is 6.32. The van der Waals surface area contributed by atoms with Crippen LogP contribution in [0.2, 0.25) is 0 Å². The molecule has 29 heavy (non-hydrogen) atoms. The van der Waals surface area contributed by atoms with Gasteiger partial charge in [-0.05, 0) is 31.4 Å². The van der Waals surface area contributed by atoms with E-state index in [9.17, 15) is 14.4 Å². The van der Waals surface area contributed by atoms with E-state index in [0.29, 0.717) is 28.8 Å². The van der Waals surface area contributed by atoms with Crippen molar-refractivity contribution in [3.63, 3.8) is 0 Å². The maximum atomic E-state index is 13.6. The molecule has 1 atom stereocenters. The van der Waals surface area contributed by atoms with Crippen LogP contribution in [0.15, 0.2) is 24.3 Å². The molecule has 1 fully saturated rings. The number of nitrogens with zero attached hydrogens (tertiary/aromatic N) is 4. The first-order chi connectivity index (χ1) is 13.8. The summed E-state index contributed by atoms with van der Waals surface area (Å²) in [7, 11) is 0. The minimum absolute atomic E-state index is 0.164. The molecular formula is C20H23N5O3S. The molecule has 2 aliphatic rings. The Morgan fingerprint density at radius 1 is 1.28 bits per heavy atom. The number of amides is 3. The molecule has 2 aliphatic heterocycles. The number of carbonyl (C=O) groups is 3. The van der Waals surface area contributed by atoms with Gasteiger partial charge < -0.3 is 4.90 Å². The summed E-state index contributed by atoms with van der Waals surface area (Å²) < 4.78 is 0. The lowest BCUT2D eigenvalue weighted by molar-refractivity contribution is -0.129. The fourth-order valence-corrected chi connectivity index (χ4v) is 4.61. The molecule has 0 spiro atoms. The highest BCUT2D eigenvalue weighted by Gasteiger charge is 2.60. The number of hydrogen-bond acceptors (Lipinski definition) is 6. The number of hydrogen-bond donors (Lipinski definition) is 1. The first kappa shape index (κ1) is 19.5. The first-order valence-corrected chi connectivity index (χ1v) is 10.5. The molecule has 9 heteroatoms. The number of rotatable bonds is 5. The normalized spacial score (nSPS) is 20.8. The minimum Gasteiger partial charge on any atom is -0.307 e. The van der Waals surface area contributed by atoms with E-state index < -0.39 is 11.6 Å². The predicted octanol–water partition coefficient (Wildman–Crippen LogP) is 2.81. The summed E-state index contributed by atoms with van der Waals surface area (Å²) in [5.74, 6) is -0.471. The van der Waals surface area contributed by atoms with Gasteiger partial charge in [0.25, 0.3) is 11.8 Å². The number of benzene rings is 1. The maximum absolute atomic E-state index is 13.6. The Labute approximate surface area is 172 Å². The molecule has 152 valence electrons. The molecule has 0 saturated carbocycles. The molecule has 0 aliphatic carbocycles. The van der Waals surface area contributed by atoms with Gasteiger partial charge >= 0.3 is 0 Å². The molecule has 1 aromatic carbocycles. The summed E-state index contributed by atoms with van der Waals surface area (Å²) in [6, 6.07) is 6.99. The van der Waals surface area contributed by atoms with Gasteiger partial charge in [-0.15, -0.1) is 10.2 Å². The van der Waals surface area contributed by atoms with E-state index in [1.807, 2.05) is 0 Å². The Bertz CT molecular complexity index is 988. The van der Waals surface area contributed by atoms with Crippen molar-refractivity contribution in [1.29, 1.82) is 0 Å². The molecule has 1 saturated heterocycles. The van der Waals surface area contributed by atoms with Crippen molar-refractivity contribution in [2.75, 3.05) is 16.8 Å². The first-order valence-electron chi connectivity index (χ1n) is 9.70. The van der Waals surface area contributed by atoms with E-state index in [1.54, 1.807) is 36.1 Å². The number of anilines is 2. The SMILES string of the molecule is Cc1nnc(NC(=O)[C@]23CCC(=O)N2c2ccccc2C(=O)N3CCC(C)C)s1. The average molecular weight is 414 g/mol. The van der Waals surface area contributed by atoms with Crippen LogP contribution in [0.25, 0.3) is 0 Å². The molecule has 0 unspecified atom stereocenters. The quantitative estimate of drug-likeness (QED) is 0.813. The fourth-order valence-electron chi connectivity index (χ4n) is 4.02. The van der Waals surface area contributed by atoms with Crippen molar-refractivity contribution in [3.05, 3.63) is 34.8 Å². The van der Waals surface area contributed by atoms with E-state index >= 15 is 0 Å². The van der Waals surface area contributed by atoms with E-state index in [2.05, 4.69) is 29.4 Å². The fraction of sp³-hybridized carbons (Fsp3) is 0.450. The predicted molar refractivity (Wildman–Crippen MR) is 110 cm³/mol. The smallest absolute Gasteiger partial charge is 0.273 e. The van der Waals surface area contributed by atoms with E-state index in [-0.39, 0.29) is 24.7 Å². The van der Waals surface area contributed by atoms with Crippen molar-refractivity contribution in [2.24, 2.45) is 5.92 Å². The number of para-hydroxylation sites is 1. The standard InChI is InChI=1S/C20H23N5O3S/c1-12(2)9-11-24-17(27)14-6-4-5-7-15(14)25-16(26)8-10-20(24,25)18(28)21-19-23-22-13(3)29-19/h4-7,12H,8-11H2,1-3H3,(H,21,23,28)/t20-/m0/s1. The van der Waals surface area contributed by atoms with Crippen LogP contribution in [-0.2, 0) is 9.59 Å². The third-order valence-corrected chi connectivity index (χ3v) is 6.17. The minimum atomic E-state index is -1.39. The Morgan fingerprint density at radius 3 is 2.72 bits per heavy atom. The van der Waals surface area contributed by atoms with E-state index in [0.717, 1.165) is 11.4 Å². The summed E-state index contributed by atoms with van der Waals surface area (Å²) in [6.07, 6.45) is 1.17. The lowest BCUT2D eigenvalue weighted by Crippen LogP contribution is -2.69. The second-order valence-electron chi connectivity index (χ2n) is 7.78. The Kier molecular flexibility index (Phi) is 4.85. The zero-order valence-electron chi connectivity index (χ0n) is 16.6. The molecule has 3 heterocycles. The van der Waals surface area contributed by atoms with Crippen molar-refractivity contribution in [2.45, 2.75) is 45.7 Å². The second kappa shape index (κ2) is 7.22. The number of fused-ring (bicyclic) bond motifs is 3. The van der Waals surface area contributed by atoms with E-state index in [1.165, 1.54) is 16.2 Å². The Morgan fingerprint density at radius 2 is 2.03 bits per heavy atom. The third-order valence-electron chi connectivity index (χ3n) is 5.41. The zero-order chi connectivity index (χ0) is 20.8. The van der Waals surface area contributed by atoms with Crippen molar-refractivity contribution in [1.82, 2.24) is 15.1 Å². The van der Waals surface area contributed by atoms with Gasteiger partial charge in [0.05, 0.1) is 11.3 Å². The van der Waals surface area contributed by atoms with Crippen LogP contribution < -0.4 is 10.2 Å². The number of nitrogens with one attached hydrogen (secondary N) is 1. The number of carbonyl (C=O) groups excluding carboxylic acids is 3. The Balaban J connectivity index is 1.82. The Hall–Kier alpha value is -2.81. The van der Waals surface area contributed by atoms with Crippen LogP contribution in [-0.4, -0.2) is 45.0 Å². The highest BCUT2D eigenvalue weighted by molar-refractivity contribution is 7.15. The van der Waals surface area contributed by atoms with Crippen LogP contribution in [0.4, 0.5) is 10.8 Å².